The minimum atomic E-state index is -4.36. The first-order valence-electron chi connectivity index (χ1n) is 7.32. The maximum atomic E-state index is 12.7. The third-order valence-corrected chi connectivity index (χ3v) is 3.89. The average Bonchev–Trinajstić information content (AvgIpc) is 2.96. The Morgan fingerprint density at radius 2 is 1.71 bits per heavy atom. The summed E-state index contributed by atoms with van der Waals surface area (Å²) in [6, 6.07) is 12.2. The Morgan fingerprint density at radius 1 is 1.08 bits per heavy atom. The van der Waals surface area contributed by atoms with Crippen LogP contribution in [0.25, 0.3) is 0 Å². The van der Waals surface area contributed by atoms with Gasteiger partial charge in [-0.15, -0.1) is 0 Å². The number of alkyl halides is 3. The Bertz CT molecular complexity index is 739. The lowest BCUT2D eigenvalue weighted by Gasteiger charge is -2.24. The maximum absolute atomic E-state index is 12.7. The summed E-state index contributed by atoms with van der Waals surface area (Å²) in [6.45, 7) is 0. The number of nitrogens with two attached hydrogens (primary N) is 1. The van der Waals surface area contributed by atoms with E-state index < -0.39 is 11.7 Å². The van der Waals surface area contributed by atoms with E-state index in [1.807, 2.05) is 24.3 Å². The van der Waals surface area contributed by atoms with Gasteiger partial charge in [-0.25, -0.2) is 0 Å². The molecule has 0 amide bonds. The van der Waals surface area contributed by atoms with Gasteiger partial charge in [0.25, 0.3) is 0 Å². The molecular weight excluding hydrogens is 319 g/mol. The lowest BCUT2D eigenvalue weighted by molar-refractivity contribution is -0.137. The number of hydrazone groups is 1. The van der Waals surface area contributed by atoms with Gasteiger partial charge in [0.05, 0.1) is 24.4 Å². The Morgan fingerprint density at radius 3 is 2.25 bits per heavy atom. The SMILES string of the molecule is COc1ccc(C2CC(N)=NN2c2ccc(C(F)(F)F)cc2)cc1. The number of nitrogens with zero attached hydrogens (tertiary/aromatic N) is 2. The lowest BCUT2D eigenvalue weighted by atomic mass is 10.0. The average molecular weight is 335 g/mol. The standard InChI is InChI=1S/C17H16F3N3O/c1-24-14-8-2-11(3-9-14)15-10-16(21)22-23(15)13-6-4-12(5-7-13)17(18,19)20/h2-9,15H,10H2,1H3,(H2,21,22). The normalized spacial score (nSPS) is 17.8. The molecule has 1 heterocycles. The van der Waals surface area contributed by atoms with Crippen molar-refractivity contribution in [2.75, 3.05) is 12.1 Å². The number of methoxy groups -OCH3 is 1. The van der Waals surface area contributed by atoms with E-state index in [-0.39, 0.29) is 6.04 Å². The van der Waals surface area contributed by atoms with Crippen LogP contribution in [-0.2, 0) is 6.18 Å². The van der Waals surface area contributed by atoms with Crippen LogP contribution in [-0.4, -0.2) is 12.9 Å². The molecule has 0 spiro atoms. The number of ether oxygens (including phenoxy) is 1. The second-order valence-electron chi connectivity index (χ2n) is 5.47. The molecule has 1 unspecified atom stereocenters. The molecule has 0 bridgehead atoms. The molecule has 0 fully saturated rings. The molecule has 1 aliphatic heterocycles. The molecule has 2 N–H and O–H groups in total. The van der Waals surface area contributed by atoms with Crippen molar-refractivity contribution in [3.05, 3.63) is 59.7 Å². The van der Waals surface area contributed by atoms with E-state index >= 15 is 0 Å². The van der Waals surface area contributed by atoms with Gasteiger partial charge in [-0.2, -0.15) is 18.3 Å². The van der Waals surface area contributed by atoms with E-state index in [1.54, 1.807) is 12.1 Å². The first kappa shape index (κ1) is 16.2. The molecule has 0 saturated heterocycles. The van der Waals surface area contributed by atoms with Gasteiger partial charge in [0.15, 0.2) is 0 Å². The van der Waals surface area contributed by atoms with Crippen molar-refractivity contribution in [1.82, 2.24) is 0 Å². The third-order valence-electron chi connectivity index (χ3n) is 3.89. The fraction of sp³-hybridized carbons (Fsp3) is 0.235. The zero-order valence-electron chi connectivity index (χ0n) is 12.9. The van der Waals surface area contributed by atoms with E-state index in [0.717, 1.165) is 23.4 Å². The molecule has 1 atom stereocenters. The van der Waals surface area contributed by atoms with Gasteiger partial charge >= 0.3 is 6.18 Å². The molecule has 1 aliphatic rings. The topological polar surface area (TPSA) is 50.9 Å². The fourth-order valence-corrected chi connectivity index (χ4v) is 2.66. The van der Waals surface area contributed by atoms with Crippen LogP contribution in [0.15, 0.2) is 53.6 Å². The first-order chi connectivity index (χ1) is 11.4. The molecule has 126 valence electrons. The van der Waals surface area contributed by atoms with Crippen molar-refractivity contribution in [2.24, 2.45) is 10.8 Å². The maximum Gasteiger partial charge on any atom is 0.416 e. The molecule has 0 aromatic heterocycles. The Kier molecular flexibility index (Phi) is 4.09. The van der Waals surface area contributed by atoms with Crippen molar-refractivity contribution in [1.29, 1.82) is 0 Å². The Balaban J connectivity index is 1.89. The van der Waals surface area contributed by atoms with Gasteiger partial charge in [0.1, 0.15) is 11.6 Å². The zero-order valence-corrected chi connectivity index (χ0v) is 12.9. The minimum absolute atomic E-state index is 0.160. The van der Waals surface area contributed by atoms with Crippen LogP contribution < -0.4 is 15.5 Å². The second-order valence-corrected chi connectivity index (χ2v) is 5.47. The van der Waals surface area contributed by atoms with Gasteiger partial charge in [-0.3, -0.25) is 5.01 Å². The minimum Gasteiger partial charge on any atom is -0.497 e. The highest BCUT2D eigenvalue weighted by molar-refractivity contribution is 5.85. The number of benzene rings is 2. The summed E-state index contributed by atoms with van der Waals surface area (Å²) < 4.78 is 43.2. The van der Waals surface area contributed by atoms with Crippen LogP contribution in [0.3, 0.4) is 0 Å². The molecule has 0 radical (unpaired) electrons. The second kappa shape index (κ2) is 6.07. The van der Waals surface area contributed by atoms with Crippen LogP contribution in [0.2, 0.25) is 0 Å². The zero-order chi connectivity index (χ0) is 17.3. The van der Waals surface area contributed by atoms with Crippen LogP contribution >= 0.6 is 0 Å². The summed E-state index contributed by atoms with van der Waals surface area (Å²) in [6.07, 6.45) is -3.85. The number of halogens is 3. The first-order valence-corrected chi connectivity index (χ1v) is 7.32. The number of hydrogen-bond acceptors (Lipinski definition) is 4. The molecule has 2 aromatic rings. The van der Waals surface area contributed by atoms with Crippen molar-refractivity contribution in [2.45, 2.75) is 18.6 Å². The molecule has 0 aliphatic carbocycles. The van der Waals surface area contributed by atoms with Crippen molar-refractivity contribution >= 4 is 11.5 Å². The van der Waals surface area contributed by atoms with Crippen LogP contribution in [0.1, 0.15) is 23.6 Å². The van der Waals surface area contributed by atoms with Crippen LogP contribution in [0.4, 0.5) is 18.9 Å². The van der Waals surface area contributed by atoms with Gasteiger partial charge in [0, 0.05) is 6.42 Å². The smallest absolute Gasteiger partial charge is 0.416 e. The molecule has 3 rings (SSSR count). The van der Waals surface area contributed by atoms with Crippen molar-refractivity contribution < 1.29 is 17.9 Å². The van der Waals surface area contributed by atoms with Crippen molar-refractivity contribution in [3.8, 4) is 5.75 Å². The highest BCUT2D eigenvalue weighted by Crippen LogP contribution is 2.36. The molecule has 4 nitrogen and oxygen atoms in total. The van der Waals surface area contributed by atoms with Gasteiger partial charge in [0.2, 0.25) is 0 Å². The largest absolute Gasteiger partial charge is 0.497 e. The van der Waals surface area contributed by atoms with Gasteiger partial charge < -0.3 is 10.5 Å². The fourth-order valence-electron chi connectivity index (χ4n) is 2.66. The number of amidine groups is 1. The number of hydrogen-bond donors (Lipinski definition) is 1. The summed E-state index contributed by atoms with van der Waals surface area (Å²) >= 11 is 0. The molecular formula is C17H16F3N3O. The summed E-state index contributed by atoms with van der Waals surface area (Å²) in [7, 11) is 1.58. The summed E-state index contributed by atoms with van der Waals surface area (Å²) in [5, 5.41) is 5.92. The number of anilines is 1. The van der Waals surface area contributed by atoms with Crippen LogP contribution in [0, 0.1) is 0 Å². The molecule has 24 heavy (non-hydrogen) atoms. The van der Waals surface area contributed by atoms with E-state index in [0.29, 0.717) is 17.9 Å². The van der Waals surface area contributed by atoms with Gasteiger partial charge in [-0.05, 0) is 42.0 Å². The van der Waals surface area contributed by atoms with Crippen molar-refractivity contribution in [3.63, 3.8) is 0 Å². The third kappa shape index (κ3) is 3.15. The van der Waals surface area contributed by atoms with E-state index in [9.17, 15) is 13.2 Å². The number of rotatable bonds is 3. The van der Waals surface area contributed by atoms with Crippen LogP contribution in [0.5, 0.6) is 5.75 Å². The Labute approximate surface area is 137 Å². The molecule has 2 aromatic carbocycles. The Hall–Kier alpha value is -2.70. The quantitative estimate of drug-likeness (QED) is 0.924. The van der Waals surface area contributed by atoms with E-state index in [1.165, 1.54) is 12.1 Å². The molecule has 7 heteroatoms. The predicted octanol–water partition coefficient (Wildman–Crippen LogP) is 3.94. The monoisotopic (exact) mass is 335 g/mol. The van der Waals surface area contributed by atoms with E-state index in [4.69, 9.17) is 10.5 Å². The molecule has 0 saturated carbocycles. The highest BCUT2D eigenvalue weighted by atomic mass is 19.4. The summed E-state index contributed by atoms with van der Waals surface area (Å²) in [5.41, 5.74) is 6.68. The predicted molar refractivity (Wildman–Crippen MR) is 85.9 cm³/mol. The lowest BCUT2D eigenvalue weighted by Crippen LogP contribution is -2.18. The van der Waals surface area contributed by atoms with Gasteiger partial charge in [-0.1, -0.05) is 12.1 Å². The van der Waals surface area contributed by atoms with E-state index in [2.05, 4.69) is 5.10 Å². The highest BCUT2D eigenvalue weighted by Gasteiger charge is 2.32. The summed E-state index contributed by atoms with van der Waals surface area (Å²) in [5.74, 6) is 1.17. The summed E-state index contributed by atoms with van der Waals surface area (Å²) in [4.78, 5) is 0.